The molecule has 1 aromatic rings. The second kappa shape index (κ2) is 8.97. The SMILES string of the molecule is COC(=O)C[C@H](Nc1nc(N)nc(N2CCCCC2)c1C=O)C(=O)OC. The van der Waals surface area contributed by atoms with E-state index in [1.54, 1.807) is 0 Å². The minimum absolute atomic E-state index is 0.0413. The Hall–Kier alpha value is -2.91. The molecule has 10 nitrogen and oxygen atoms in total. The molecule has 142 valence electrons. The second-order valence-corrected chi connectivity index (χ2v) is 5.83. The van der Waals surface area contributed by atoms with Crippen molar-refractivity contribution in [3.05, 3.63) is 5.56 Å². The molecule has 1 atom stereocenters. The fourth-order valence-corrected chi connectivity index (χ4v) is 2.79. The summed E-state index contributed by atoms with van der Waals surface area (Å²) in [6, 6.07) is -1.07. The average molecular weight is 365 g/mol. The lowest BCUT2D eigenvalue weighted by Crippen LogP contribution is -2.35. The van der Waals surface area contributed by atoms with E-state index in [1.807, 2.05) is 4.90 Å². The summed E-state index contributed by atoms with van der Waals surface area (Å²) < 4.78 is 9.29. The van der Waals surface area contributed by atoms with Gasteiger partial charge in [0.15, 0.2) is 6.29 Å². The highest BCUT2D eigenvalue weighted by atomic mass is 16.5. The standard InChI is InChI=1S/C16H23N5O5/c1-25-12(23)8-11(15(24)26-2)18-13-10(9-22)14(20-16(17)19-13)21-6-4-3-5-7-21/h9,11H,3-8H2,1-2H3,(H3,17,18,19,20)/t11-/m0/s1. The van der Waals surface area contributed by atoms with E-state index in [0.29, 0.717) is 12.1 Å². The van der Waals surface area contributed by atoms with Crippen LogP contribution in [0.2, 0.25) is 0 Å². The molecule has 3 N–H and O–H groups in total. The number of ether oxygens (including phenoxy) is 2. The number of methoxy groups -OCH3 is 2. The maximum absolute atomic E-state index is 12.0. The molecular weight excluding hydrogens is 342 g/mol. The zero-order valence-corrected chi connectivity index (χ0v) is 14.9. The Morgan fingerprint density at radius 3 is 2.50 bits per heavy atom. The number of nitrogens with zero attached hydrogens (tertiary/aromatic N) is 3. The molecular formula is C16H23N5O5. The zero-order valence-electron chi connectivity index (χ0n) is 14.9. The first kappa shape index (κ1) is 19.4. The summed E-state index contributed by atoms with van der Waals surface area (Å²) in [5.74, 6) is -0.855. The normalized spacial score (nSPS) is 15.1. The number of nitrogen functional groups attached to an aromatic ring is 1. The van der Waals surface area contributed by atoms with Gasteiger partial charge in [-0.15, -0.1) is 0 Å². The van der Waals surface area contributed by atoms with E-state index in [4.69, 9.17) is 10.5 Å². The maximum Gasteiger partial charge on any atom is 0.328 e. The van der Waals surface area contributed by atoms with Crippen molar-refractivity contribution in [2.24, 2.45) is 0 Å². The van der Waals surface area contributed by atoms with E-state index >= 15 is 0 Å². The third-order valence-corrected chi connectivity index (χ3v) is 4.11. The first-order chi connectivity index (χ1) is 12.5. The van der Waals surface area contributed by atoms with Gasteiger partial charge in [0.2, 0.25) is 5.95 Å². The number of carbonyl (C=O) groups excluding carboxylic acids is 3. The Morgan fingerprint density at radius 1 is 1.23 bits per heavy atom. The number of aromatic nitrogens is 2. The Balaban J connectivity index is 2.36. The number of esters is 2. The molecule has 0 spiro atoms. The molecule has 10 heteroatoms. The van der Waals surface area contributed by atoms with E-state index in [1.165, 1.54) is 14.2 Å². The third kappa shape index (κ3) is 4.58. The van der Waals surface area contributed by atoms with Crippen molar-refractivity contribution in [1.82, 2.24) is 9.97 Å². The van der Waals surface area contributed by atoms with Crippen LogP contribution in [0.5, 0.6) is 0 Å². The number of anilines is 3. The molecule has 0 amide bonds. The minimum atomic E-state index is -1.07. The average Bonchev–Trinajstić information content (AvgIpc) is 2.66. The van der Waals surface area contributed by atoms with Crippen LogP contribution in [0.1, 0.15) is 36.0 Å². The first-order valence-corrected chi connectivity index (χ1v) is 8.29. The van der Waals surface area contributed by atoms with Gasteiger partial charge >= 0.3 is 11.9 Å². The molecule has 0 unspecified atom stereocenters. The van der Waals surface area contributed by atoms with Crippen molar-refractivity contribution in [2.45, 2.75) is 31.7 Å². The lowest BCUT2D eigenvalue weighted by molar-refractivity contribution is -0.148. The molecule has 2 rings (SSSR count). The minimum Gasteiger partial charge on any atom is -0.469 e. The van der Waals surface area contributed by atoms with Gasteiger partial charge in [-0.2, -0.15) is 9.97 Å². The topological polar surface area (TPSA) is 137 Å². The van der Waals surface area contributed by atoms with Crippen LogP contribution in [-0.2, 0) is 19.1 Å². The van der Waals surface area contributed by atoms with E-state index in [9.17, 15) is 14.4 Å². The fraction of sp³-hybridized carbons (Fsp3) is 0.562. The predicted octanol–water partition coefficient (Wildman–Crippen LogP) is 0.378. The molecule has 1 aliphatic heterocycles. The van der Waals surface area contributed by atoms with Crippen LogP contribution in [0, 0.1) is 0 Å². The van der Waals surface area contributed by atoms with Crippen molar-refractivity contribution in [3.63, 3.8) is 0 Å². The molecule has 1 aliphatic rings. The quantitative estimate of drug-likeness (QED) is 0.515. The van der Waals surface area contributed by atoms with Crippen molar-refractivity contribution in [1.29, 1.82) is 0 Å². The van der Waals surface area contributed by atoms with Crippen molar-refractivity contribution in [2.75, 3.05) is 43.3 Å². The molecule has 0 saturated carbocycles. The van der Waals surface area contributed by atoms with Crippen LogP contribution in [-0.4, -0.2) is 61.5 Å². The van der Waals surface area contributed by atoms with Gasteiger partial charge in [-0.1, -0.05) is 0 Å². The fourth-order valence-electron chi connectivity index (χ4n) is 2.79. The number of nitrogens with two attached hydrogens (primary N) is 1. The molecule has 2 heterocycles. The number of aldehydes is 1. The van der Waals surface area contributed by atoms with Gasteiger partial charge in [-0.05, 0) is 19.3 Å². The summed E-state index contributed by atoms with van der Waals surface area (Å²) in [7, 11) is 2.41. The third-order valence-electron chi connectivity index (χ3n) is 4.11. The highest BCUT2D eigenvalue weighted by Gasteiger charge is 2.27. The molecule has 1 fully saturated rings. The van der Waals surface area contributed by atoms with Crippen LogP contribution >= 0.6 is 0 Å². The number of nitrogens with one attached hydrogen (secondary N) is 1. The van der Waals surface area contributed by atoms with Crippen LogP contribution in [0.15, 0.2) is 0 Å². The van der Waals surface area contributed by atoms with E-state index in [-0.39, 0.29) is 23.8 Å². The van der Waals surface area contributed by atoms with E-state index in [0.717, 1.165) is 32.4 Å². The Labute approximate surface area is 151 Å². The molecule has 1 aromatic heterocycles. The lowest BCUT2D eigenvalue weighted by Gasteiger charge is -2.29. The second-order valence-electron chi connectivity index (χ2n) is 5.83. The summed E-state index contributed by atoms with van der Waals surface area (Å²) in [4.78, 5) is 45.4. The summed E-state index contributed by atoms with van der Waals surface area (Å²) >= 11 is 0. The van der Waals surface area contributed by atoms with Crippen LogP contribution in [0.4, 0.5) is 17.6 Å². The molecule has 0 aromatic carbocycles. The van der Waals surface area contributed by atoms with Crippen molar-refractivity contribution < 1.29 is 23.9 Å². The number of piperidine rings is 1. The maximum atomic E-state index is 12.0. The molecule has 0 aliphatic carbocycles. The summed E-state index contributed by atoms with van der Waals surface area (Å²) in [6.07, 6.45) is 3.40. The summed E-state index contributed by atoms with van der Waals surface area (Å²) in [5.41, 5.74) is 5.97. The first-order valence-electron chi connectivity index (χ1n) is 8.29. The predicted molar refractivity (Wildman–Crippen MR) is 94.0 cm³/mol. The van der Waals surface area contributed by atoms with Crippen LogP contribution in [0.3, 0.4) is 0 Å². The van der Waals surface area contributed by atoms with Gasteiger partial charge in [-0.25, -0.2) is 4.79 Å². The number of hydrogen-bond acceptors (Lipinski definition) is 10. The highest BCUT2D eigenvalue weighted by molar-refractivity contribution is 5.92. The van der Waals surface area contributed by atoms with Gasteiger partial charge in [0.05, 0.1) is 26.2 Å². The smallest absolute Gasteiger partial charge is 0.328 e. The molecule has 1 saturated heterocycles. The van der Waals surface area contributed by atoms with Crippen LogP contribution < -0.4 is 16.0 Å². The zero-order chi connectivity index (χ0) is 19.1. The van der Waals surface area contributed by atoms with Gasteiger partial charge < -0.3 is 25.4 Å². The molecule has 0 bridgehead atoms. The van der Waals surface area contributed by atoms with Gasteiger partial charge in [0, 0.05) is 13.1 Å². The van der Waals surface area contributed by atoms with E-state index in [2.05, 4.69) is 20.0 Å². The Bertz CT molecular complexity index is 675. The van der Waals surface area contributed by atoms with Crippen molar-refractivity contribution in [3.8, 4) is 0 Å². The highest BCUT2D eigenvalue weighted by Crippen LogP contribution is 2.27. The molecule has 0 radical (unpaired) electrons. The Kier molecular flexibility index (Phi) is 6.70. The molecule has 26 heavy (non-hydrogen) atoms. The van der Waals surface area contributed by atoms with Crippen molar-refractivity contribution >= 4 is 35.8 Å². The van der Waals surface area contributed by atoms with Gasteiger partial charge in [0.25, 0.3) is 0 Å². The van der Waals surface area contributed by atoms with Gasteiger partial charge in [-0.3, -0.25) is 9.59 Å². The number of hydrogen-bond donors (Lipinski definition) is 2. The summed E-state index contributed by atoms with van der Waals surface area (Å²) in [5, 5.41) is 2.77. The van der Waals surface area contributed by atoms with E-state index < -0.39 is 18.0 Å². The monoisotopic (exact) mass is 365 g/mol. The Morgan fingerprint density at radius 2 is 1.92 bits per heavy atom. The summed E-state index contributed by atoms with van der Waals surface area (Å²) in [6.45, 7) is 1.50. The number of carbonyl (C=O) groups is 3. The number of rotatable bonds is 7. The van der Waals surface area contributed by atoms with Gasteiger partial charge in [0.1, 0.15) is 17.7 Å². The van der Waals surface area contributed by atoms with Crippen LogP contribution in [0.25, 0.3) is 0 Å². The lowest BCUT2D eigenvalue weighted by atomic mass is 10.1. The largest absolute Gasteiger partial charge is 0.469 e.